The lowest BCUT2D eigenvalue weighted by molar-refractivity contribution is -0.384. The van der Waals surface area contributed by atoms with E-state index >= 15 is 0 Å². The van der Waals surface area contributed by atoms with Gasteiger partial charge in [0.2, 0.25) is 10.0 Å². The van der Waals surface area contributed by atoms with Gasteiger partial charge in [-0.1, -0.05) is 43.3 Å². The van der Waals surface area contributed by atoms with E-state index in [1.807, 2.05) is 6.07 Å². The molecule has 1 aliphatic heterocycles. The Morgan fingerprint density at radius 2 is 1.82 bits per heavy atom. The molecule has 1 heterocycles. The van der Waals surface area contributed by atoms with Gasteiger partial charge in [0.05, 0.1) is 10.7 Å². The predicted octanol–water partition coefficient (Wildman–Crippen LogP) is 2.85. The second-order valence-electron chi connectivity index (χ2n) is 7.08. The molecule has 1 unspecified atom stereocenters. The number of fused-ring (bicyclic) bond motifs is 1. The molecule has 2 aromatic carbocycles. The first-order chi connectivity index (χ1) is 13.4. The molecule has 0 bridgehead atoms. The van der Waals surface area contributed by atoms with Gasteiger partial charge in [-0.05, 0) is 29.5 Å². The number of nitro groups is 1. The highest BCUT2D eigenvalue weighted by Crippen LogP contribution is 2.21. The van der Waals surface area contributed by atoms with Crippen molar-refractivity contribution in [3.63, 3.8) is 0 Å². The van der Waals surface area contributed by atoms with Crippen LogP contribution in [0, 0.1) is 10.1 Å². The smallest absolute Gasteiger partial charge is 0.269 e. The molecular formula is C20H25N3O4S. The van der Waals surface area contributed by atoms with Crippen LogP contribution in [0.15, 0.2) is 48.5 Å². The Labute approximate surface area is 165 Å². The second-order valence-corrected chi connectivity index (χ2v) is 8.89. The van der Waals surface area contributed by atoms with E-state index < -0.39 is 14.9 Å². The fraction of sp³-hybridized carbons (Fsp3) is 0.400. The van der Waals surface area contributed by atoms with Gasteiger partial charge >= 0.3 is 0 Å². The van der Waals surface area contributed by atoms with Gasteiger partial charge in [-0.3, -0.25) is 15.0 Å². The summed E-state index contributed by atoms with van der Waals surface area (Å²) in [6.45, 7) is 4.17. The van der Waals surface area contributed by atoms with Gasteiger partial charge in [-0.15, -0.1) is 0 Å². The minimum atomic E-state index is -3.52. The normalized spacial score (nSPS) is 15.8. The Balaban J connectivity index is 1.58. The molecule has 1 aliphatic rings. The molecule has 1 atom stereocenters. The zero-order valence-electron chi connectivity index (χ0n) is 15.9. The fourth-order valence-corrected chi connectivity index (χ4v) is 4.75. The van der Waals surface area contributed by atoms with Crippen molar-refractivity contribution in [2.45, 2.75) is 38.1 Å². The SMILES string of the molecule is CCC(CNS(=O)(=O)Cc1ccc([N+](=O)[O-])cc1)N1CCc2ccccc2C1. The van der Waals surface area contributed by atoms with Crippen LogP contribution in [0.3, 0.4) is 0 Å². The number of benzene rings is 2. The molecule has 0 saturated heterocycles. The number of nitro benzene ring substituents is 1. The summed E-state index contributed by atoms with van der Waals surface area (Å²) in [6.07, 6.45) is 1.82. The van der Waals surface area contributed by atoms with Gasteiger partial charge < -0.3 is 0 Å². The highest BCUT2D eigenvalue weighted by atomic mass is 32.2. The predicted molar refractivity (Wildman–Crippen MR) is 108 cm³/mol. The third kappa shape index (κ3) is 5.15. The topological polar surface area (TPSA) is 92.5 Å². The lowest BCUT2D eigenvalue weighted by Crippen LogP contribution is -2.45. The van der Waals surface area contributed by atoms with Crippen molar-refractivity contribution < 1.29 is 13.3 Å². The third-order valence-corrected chi connectivity index (χ3v) is 6.51. The Kier molecular flexibility index (Phi) is 6.43. The number of nitrogens with one attached hydrogen (secondary N) is 1. The van der Waals surface area contributed by atoms with Crippen molar-refractivity contribution in [3.05, 3.63) is 75.3 Å². The molecular weight excluding hydrogens is 378 g/mol. The molecule has 0 aliphatic carbocycles. The molecule has 0 aromatic heterocycles. The Hall–Kier alpha value is -2.29. The molecule has 28 heavy (non-hydrogen) atoms. The first kappa shape index (κ1) is 20.4. The minimum absolute atomic E-state index is 0.0504. The van der Waals surface area contributed by atoms with Crippen molar-refractivity contribution in [2.24, 2.45) is 0 Å². The number of sulfonamides is 1. The van der Waals surface area contributed by atoms with Crippen LogP contribution in [0.4, 0.5) is 5.69 Å². The van der Waals surface area contributed by atoms with Crippen LogP contribution in [-0.4, -0.2) is 37.4 Å². The third-order valence-electron chi connectivity index (χ3n) is 5.19. The molecule has 7 nitrogen and oxygen atoms in total. The summed E-state index contributed by atoms with van der Waals surface area (Å²) in [4.78, 5) is 12.5. The maximum absolute atomic E-state index is 12.5. The van der Waals surface area contributed by atoms with E-state index in [0.717, 1.165) is 25.9 Å². The molecule has 150 valence electrons. The molecule has 0 saturated carbocycles. The van der Waals surface area contributed by atoms with E-state index in [2.05, 4.69) is 34.7 Å². The summed E-state index contributed by atoms with van der Waals surface area (Å²) in [5.41, 5.74) is 3.15. The Bertz CT molecular complexity index is 929. The summed E-state index contributed by atoms with van der Waals surface area (Å²) in [7, 11) is -3.52. The molecule has 1 N–H and O–H groups in total. The van der Waals surface area contributed by atoms with Crippen LogP contribution in [-0.2, 0) is 28.7 Å². The largest absolute Gasteiger partial charge is 0.295 e. The van der Waals surface area contributed by atoms with Crippen molar-refractivity contribution in [2.75, 3.05) is 13.1 Å². The van der Waals surface area contributed by atoms with Gasteiger partial charge in [0.25, 0.3) is 5.69 Å². The van der Waals surface area contributed by atoms with Crippen LogP contribution in [0.5, 0.6) is 0 Å². The molecule has 0 fully saturated rings. The number of hydrogen-bond acceptors (Lipinski definition) is 5. The average molecular weight is 404 g/mol. The van der Waals surface area contributed by atoms with Crippen LogP contribution in [0.2, 0.25) is 0 Å². The minimum Gasteiger partial charge on any atom is -0.295 e. The molecule has 0 amide bonds. The van der Waals surface area contributed by atoms with Gasteiger partial charge in [0.15, 0.2) is 0 Å². The zero-order valence-corrected chi connectivity index (χ0v) is 16.7. The maximum atomic E-state index is 12.5. The first-order valence-electron chi connectivity index (χ1n) is 9.39. The van der Waals surface area contributed by atoms with Gasteiger partial charge in [0, 0.05) is 37.8 Å². The number of hydrogen-bond donors (Lipinski definition) is 1. The summed E-state index contributed by atoms with van der Waals surface area (Å²) >= 11 is 0. The van der Waals surface area contributed by atoms with Crippen LogP contribution < -0.4 is 4.72 Å². The van der Waals surface area contributed by atoms with Gasteiger partial charge in [-0.25, -0.2) is 13.1 Å². The van der Waals surface area contributed by atoms with E-state index in [0.29, 0.717) is 12.1 Å². The number of non-ortho nitro benzene ring substituents is 1. The van der Waals surface area contributed by atoms with Crippen molar-refractivity contribution in [1.82, 2.24) is 9.62 Å². The second kappa shape index (κ2) is 8.81. The average Bonchev–Trinajstić information content (AvgIpc) is 2.68. The van der Waals surface area contributed by atoms with Crippen LogP contribution in [0.1, 0.15) is 30.0 Å². The molecule has 3 rings (SSSR count). The summed E-state index contributed by atoms with van der Waals surface area (Å²) < 4.78 is 27.6. The molecule has 8 heteroatoms. The lowest BCUT2D eigenvalue weighted by atomic mass is 9.98. The zero-order chi connectivity index (χ0) is 20.1. The Morgan fingerprint density at radius 1 is 1.14 bits per heavy atom. The van der Waals surface area contributed by atoms with E-state index in [9.17, 15) is 18.5 Å². The van der Waals surface area contributed by atoms with Gasteiger partial charge in [-0.2, -0.15) is 0 Å². The maximum Gasteiger partial charge on any atom is 0.269 e. The summed E-state index contributed by atoms with van der Waals surface area (Å²) in [5.74, 6) is -0.190. The van der Waals surface area contributed by atoms with Crippen molar-refractivity contribution in [1.29, 1.82) is 0 Å². The fourth-order valence-electron chi connectivity index (χ4n) is 3.57. The standard InChI is InChI=1S/C20H25N3O4S/c1-2-19(22-12-11-17-5-3-4-6-18(17)14-22)13-21-28(26,27)15-16-7-9-20(10-8-16)23(24)25/h3-10,19,21H,2,11-15H2,1H3. The monoisotopic (exact) mass is 403 g/mol. The quantitative estimate of drug-likeness (QED) is 0.540. The highest BCUT2D eigenvalue weighted by Gasteiger charge is 2.24. The first-order valence-corrected chi connectivity index (χ1v) is 11.0. The summed E-state index contributed by atoms with van der Waals surface area (Å²) in [5, 5.41) is 10.7. The van der Waals surface area contributed by atoms with Crippen LogP contribution >= 0.6 is 0 Å². The number of nitrogens with zero attached hydrogens (tertiary/aromatic N) is 2. The molecule has 0 spiro atoms. The van der Waals surface area contributed by atoms with E-state index in [-0.39, 0.29) is 17.5 Å². The van der Waals surface area contributed by atoms with E-state index in [4.69, 9.17) is 0 Å². The highest BCUT2D eigenvalue weighted by molar-refractivity contribution is 7.88. The molecule has 2 aromatic rings. The van der Waals surface area contributed by atoms with Crippen molar-refractivity contribution in [3.8, 4) is 0 Å². The van der Waals surface area contributed by atoms with Gasteiger partial charge in [0.1, 0.15) is 0 Å². The number of rotatable bonds is 8. The van der Waals surface area contributed by atoms with Crippen LogP contribution in [0.25, 0.3) is 0 Å². The lowest BCUT2D eigenvalue weighted by Gasteiger charge is -2.35. The Morgan fingerprint density at radius 3 is 2.46 bits per heavy atom. The summed E-state index contributed by atoms with van der Waals surface area (Å²) in [6, 6.07) is 14.1. The molecule has 0 radical (unpaired) electrons. The van der Waals surface area contributed by atoms with E-state index in [1.165, 1.54) is 35.4 Å². The van der Waals surface area contributed by atoms with Crippen molar-refractivity contribution >= 4 is 15.7 Å². The van der Waals surface area contributed by atoms with E-state index in [1.54, 1.807) is 0 Å².